The van der Waals surface area contributed by atoms with Gasteiger partial charge in [0.1, 0.15) is 17.3 Å². The van der Waals surface area contributed by atoms with E-state index < -0.39 is 6.61 Å². The van der Waals surface area contributed by atoms with Gasteiger partial charge in [0.15, 0.2) is 5.96 Å². The van der Waals surface area contributed by atoms with E-state index in [1.54, 1.807) is 37.5 Å². The first kappa shape index (κ1) is 21.9. The Balaban J connectivity index is 1.51. The number of hydrogen-bond acceptors (Lipinski definition) is 4. The molecule has 0 aliphatic heterocycles. The second kappa shape index (κ2) is 10.9. The van der Waals surface area contributed by atoms with Crippen molar-refractivity contribution in [3.05, 3.63) is 83.8 Å². The molecule has 0 unspecified atom stereocenters. The monoisotopic (exact) mass is 430 g/mol. The number of alkyl halides is 2. The largest absolute Gasteiger partial charge is 0.439 e. The van der Waals surface area contributed by atoms with Crippen LogP contribution in [0.3, 0.4) is 0 Å². The van der Waals surface area contributed by atoms with Crippen LogP contribution in [-0.2, 0) is 13.1 Å². The molecule has 1 heterocycles. The molecule has 3 rings (SSSR count). The normalized spacial score (nSPS) is 11.3. The van der Waals surface area contributed by atoms with Crippen LogP contribution in [0, 0.1) is 5.82 Å². The number of aromatic nitrogens is 1. The number of ether oxygens (including phenoxy) is 2. The van der Waals surface area contributed by atoms with Gasteiger partial charge in [-0.3, -0.25) is 4.99 Å². The van der Waals surface area contributed by atoms with Crippen LogP contribution in [-0.4, -0.2) is 24.6 Å². The first-order chi connectivity index (χ1) is 15.0. The molecule has 0 aliphatic carbocycles. The summed E-state index contributed by atoms with van der Waals surface area (Å²) in [6.45, 7) is -2.20. The Hall–Kier alpha value is -3.75. The van der Waals surface area contributed by atoms with Crippen molar-refractivity contribution in [2.45, 2.75) is 19.7 Å². The minimum absolute atomic E-state index is 0.112. The van der Waals surface area contributed by atoms with Gasteiger partial charge >= 0.3 is 6.61 Å². The first-order valence-corrected chi connectivity index (χ1v) is 9.39. The van der Waals surface area contributed by atoms with Crippen LogP contribution in [0.1, 0.15) is 11.1 Å². The number of halogens is 3. The van der Waals surface area contributed by atoms with Gasteiger partial charge in [0.2, 0.25) is 5.88 Å². The van der Waals surface area contributed by atoms with Crippen LogP contribution in [0.2, 0.25) is 0 Å². The van der Waals surface area contributed by atoms with Crippen molar-refractivity contribution < 1.29 is 22.6 Å². The van der Waals surface area contributed by atoms with E-state index in [0.29, 0.717) is 29.7 Å². The molecule has 0 spiro atoms. The molecule has 2 N–H and O–H groups in total. The fourth-order valence-electron chi connectivity index (χ4n) is 2.65. The molecule has 162 valence electrons. The Labute approximate surface area is 177 Å². The summed E-state index contributed by atoms with van der Waals surface area (Å²) in [5, 5.41) is 6.18. The maximum Gasteiger partial charge on any atom is 0.387 e. The Morgan fingerprint density at radius 1 is 1.00 bits per heavy atom. The molecule has 6 nitrogen and oxygen atoms in total. The summed E-state index contributed by atoms with van der Waals surface area (Å²) in [4.78, 5) is 8.35. The topological polar surface area (TPSA) is 67.8 Å². The third kappa shape index (κ3) is 6.91. The third-order valence-electron chi connectivity index (χ3n) is 4.15. The van der Waals surface area contributed by atoms with Gasteiger partial charge in [0, 0.05) is 38.0 Å². The van der Waals surface area contributed by atoms with Gasteiger partial charge in [0.25, 0.3) is 0 Å². The summed E-state index contributed by atoms with van der Waals surface area (Å²) in [5.74, 6) is 1.13. The zero-order valence-corrected chi connectivity index (χ0v) is 16.7. The van der Waals surface area contributed by atoms with Crippen LogP contribution >= 0.6 is 0 Å². The minimum atomic E-state index is -2.89. The zero-order chi connectivity index (χ0) is 22.1. The van der Waals surface area contributed by atoms with Crippen molar-refractivity contribution >= 4 is 5.96 Å². The first-order valence-electron chi connectivity index (χ1n) is 9.39. The lowest BCUT2D eigenvalue weighted by Crippen LogP contribution is -2.36. The molecule has 0 atom stereocenters. The molecule has 9 heteroatoms. The van der Waals surface area contributed by atoms with Crippen LogP contribution in [0.4, 0.5) is 13.2 Å². The third-order valence-corrected chi connectivity index (χ3v) is 4.15. The van der Waals surface area contributed by atoms with Crippen molar-refractivity contribution in [3.8, 4) is 17.4 Å². The lowest BCUT2D eigenvalue weighted by Gasteiger charge is -2.14. The van der Waals surface area contributed by atoms with Crippen molar-refractivity contribution in [2.24, 2.45) is 4.99 Å². The predicted molar refractivity (Wildman–Crippen MR) is 111 cm³/mol. The van der Waals surface area contributed by atoms with Crippen molar-refractivity contribution in [1.82, 2.24) is 15.6 Å². The molecule has 0 radical (unpaired) electrons. The molecule has 0 saturated carbocycles. The van der Waals surface area contributed by atoms with E-state index in [0.717, 1.165) is 5.56 Å². The molecular weight excluding hydrogens is 409 g/mol. The molecular formula is C22H21F3N4O2. The van der Waals surface area contributed by atoms with Crippen LogP contribution in [0.15, 0.2) is 71.9 Å². The summed E-state index contributed by atoms with van der Waals surface area (Å²) in [7, 11) is 1.61. The highest BCUT2D eigenvalue weighted by atomic mass is 19.3. The van der Waals surface area contributed by atoms with Gasteiger partial charge in [-0.1, -0.05) is 24.3 Å². The number of benzene rings is 2. The maximum atomic E-state index is 12.9. The van der Waals surface area contributed by atoms with Gasteiger partial charge in [0.05, 0.1) is 0 Å². The van der Waals surface area contributed by atoms with Gasteiger partial charge in [-0.25, -0.2) is 9.37 Å². The zero-order valence-electron chi connectivity index (χ0n) is 16.7. The van der Waals surface area contributed by atoms with E-state index in [1.165, 1.54) is 30.3 Å². The van der Waals surface area contributed by atoms with Gasteiger partial charge in [-0.15, -0.1) is 0 Å². The Kier molecular flexibility index (Phi) is 7.69. The average Bonchev–Trinajstić information content (AvgIpc) is 2.77. The molecule has 2 aromatic carbocycles. The Morgan fingerprint density at radius 2 is 1.74 bits per heavy atom. The highest BCUT2D eigenvalue weighted by Crippen LogP contribution is 2.20. The number of hydrogen-bond donors (Lipinski definition) is 2. The SMILES string of the molecule is CN=C(NCc1ccc(Oc2ccc(F)cc2)nc1)NCc1ccccc1OC(F)F. The molecule has 0 saturated heterocycles. The average molecular weight is 430 g/mol. The van der Waals surface area contributed by atoms with Gasteiger partial charge < -0.3 is 20.1 Å². The summed E-state index contributed by atoms with van der Waals surface area (Å²) in [6, 6.07) is 15.8. The van der Waals surface area contributed by atoms with E-state index in [9.17, 15) is 13.2 Å². The summed E-state index contributed by atoms with van der Waals surface area (Å²) >= 11 is 0. The lowest BCUT2D eigenvalue weighted by molar-refractivity contribution is -0.0504. The quantitative estimate of drug-likeness (QED) is 0.408. The highest BCUT2D eigenvalue weighted by Gasteiger charge is 2.09. The fraction of sp³-hybridized carbons (Fsp3) is 0.182. The summed E-state index contributed by atoms with van der Waals surface area (Å²) < 4.78 is 48.1. The number of nitrogens with zero attached hydrogens (tertiary/aromatic N) is 2. The van der Waals surface area contributed by atoms with Crippen LogP contribution < -0.4 is 20.1 Å². The van der Waals surface area contributed by atoms with Crippen molar-refractivity contribution in [2.75, 3.05) is 7.05 Å². The maximum absolute atomic E-state index is 12.9. The molecule has 0 aliphatic rings. The number of pyridine rings is 1. The number of para-hydroxylation sites is 1. The van der Waals surface area contributed by atoms with Crippen LogP contribution in [0.25, 0.3) is 0 Å². The van der Waals surface area contributed by atoms with E-state index in [1.807, 2.05) is 6.07 Å². The molecule has 1 aromatic heterocycles. The molecule has 31 heavy (non-hydrogen) atoms. The van der Waals surface area contributed by atoms with Gasteiger partial charge in [-0.05, 0) is 35.9 Å². The van der Waals surface area contributed by atoms with Crippen LogP contribution in [0.5, 0.6) is 17.4 Å². The highest BCUT2D eigenvalue weighted by molar-refractivity contribution is 5.79. The smallest absolute Gasteiger partial charge is 0.387 e. The van der Waals surface area contributed by atoms with E-state index in [4.69, 9.17) is 4.74 Å². The van der Waals surface area contributed by atoms with E-state index in [-0.39, 0.29) is 18.1 Å². The summed E-state index contributed by atoms with van der Waals surface area (Å²) in [5.41, 5.74) is 1.45. The van der Waals surface area contributed by atoms with Gasteiger partial charge in [-0.2, -0.15) is 8.78 Å². The number of guanidine groups is 1. The minimum Gasteiger partial charge on any atom is -0.439 e. The Morgan fingerprint density at radius 3 is 2.42 bits per heavy atom. The second-order valence-corrected chi connectivity index (χ2v) is 6.33. The molecule has 0 amide bonds. The second-order valence-electron chi connectivity index (χ2n) is 6.33. The van der Waals surface area contributed by atoms with Crippen molar-refractivity contribution in [3.63, 3.8) is 0 Å². The predicted octanol–water partition coefficient (Wildman–Crippen LogP) is 4.48. The Bertz CT molecular complexity index is 996. The van der Waals surface area contributed by atoms with E-state index >= 15 is 0 Å². The molecule has 0 bridgehead atoms. The summed E-state index contributed by atoms with van der Waals surface area (Å²) in [6.07, 6.45) is 1.64. The number of nitrogens with one attached hydrogen (secondary N) is 2. The number of rotatable bonds is 8. The lowest BCUT2D eigenvalue weighted by atomic mass is 10.2. The molecule has 0 fully saturated rings. The standard InChI is InChI=1S/C22H21F3N4O2/c1-26-22(29-14-16-4-2-3-5-19(16)31-21(24)25)28-13-15-6-11-20(27-12-15)30-18-9-7-17(23)8-10-18/h2-12,21H,13-14H2,1H3,(H2,26,28,29). The van der Waals surface area contributed by atoms with E-state index in [2.05, 4.69) is 25.3 Å². The number of aliphatic imine (C=N–C) groups is 1. The van der Waals surface area contributed by atoms with Crippen molar-refractivity contribution in [1.29, 1.82) is 0 Å². The fourth-order valence-corrected chi connectivity index (χ4v) is 2.65. The molecule has 3 aromatic rings.